The molecule has 7 rings (SSSR count). The number of thiazole rings is 1. The minimum absolute atomic E-state index is 0.116. The number of oxime groups is 1. The number of piperidine rings is 1. The number of nitrogen functional groups attached to an aromatic ring is 1. The fourth-order valence-electron chi connectivity index (χ4n) is 6.87. The number of carbonyl (C=O) groups excluding carboxylic acids is 2. The molecular weight excluding hydrogens is 723 g/mol. The molecule has 0 saturated carbocycles. The number of carboxylic acids is 1. The standard InChI is InChI=1S/C32H34ClFN10O5S2/c1-49-39-24(22-16-51-32(36)37-22)28(45)38-25-29(46)44-26(31(47)48)18(15-50-30(25)44)13-42-8-5-23-41(9-10-43(23)42)14-19-20(33)11-17(12-21(19)34)27(35)40-6-3-2-4-7-40/h5,8,11-12,16,25,30,35H,2-4,6-7,9-10,13-15H2,1H3,(H3-,36,37,38,45,47,48)/p+1/b35-27?,39-24-/t25-,30-/m1/s1. The van der Waals surface area contributed by atoms with E-state index in [1.165, 1.54) is 29.8 Å². The van der Waals surface area contributed by atoms with Gasteiger partial charge in [-0.2, -0.15) is 0 Å². The number of benzene rings is 1. The van der Waals surface area contributed by atoms with E-state index in [4.69, 9.17) is 27.6 Å². The molecule has 4 aliphatic rings. The smallest absolute Gasteiger partial charge is 0.352 e. The maximum Gasteiger partial charge on any atom is 0.352 e. The summed E-state index contributed by atoms with van der Waals surface area (Å²) in [7, 11) is 1.27. The molecule has 2 amide bonds. The Morgan fingerprint density at radius 3 is 2.73 bits per heavy atom. The zero-order valence-corrected chi connectivity index (χ0v) is 29.9. The fraction of sp³-hybridized carbons (Fsp3) is 0.406. The topological polar surface area (TPSA) is 186 Å². The number of nitrogens with two attached hydrogens (primary N) is 1. The van der Waals surface area contributed by atoms with Crippen LogP contribution in [0.5, 0.6) is 0 Å². The lowest BCUT2D eigenvalue weighted by molar-refractivity contribution is -0.766. The number of rotatable bonds is 10. The fourth-order valence-corrected chi connectivity index (χ4v) is 9.03. The average Bonchev–Trinajstić information content (AvgIpc) is 3.85. The molecule has 268 valence electrons. The minimum Gasteiger partial charge on any atom is -0.477 e. The van der Waals surface area contributed by atoms with Crippen LogP contribution in [0.1, 0.15) is 36.1 Å². The molecule has 5 N–H and O–H groups in total. The molecule has 0 bridgehead atoms. The first-order valence-electron chi connectivity index (χ1n) is 16.2. The number of β-lactam (4-membered cyclic amide) rings is 1. The number of thioether (sulfide) groups is 1. The third kappa shape index (κ3) is 6.51. The van der Waals surface area contributed by atoms with Crippen molar-refractivity contribution < 1.29 is 33.4 Å². The van der Waals surface area contributed by atoms with Crippen LogP contribution in [0.15, 0.2) is 46.2 Å². The molecule has 1 aromatic carbocycles. The number of aliphatic carboxylic acids is 1. The van der Waals surface area contributed by atoms with Gasteiger partial charge in [0.05, 0.1) is 12.6 Å². The Morgan fingerprint density at radius 1 is 1.25 bits per heavy atom. The number of amidine groups is 1. The van der Waals surface area contributed by atoms with Crippen LogP contribution in [0.4, 0.5) is 15.3 Å². The van der Waals surface area contributed by atoms with Crippen LogP contribution in [0, 0.1) is 11.2 Å². The summed E-state index contributed by atoms with van der Waals surface area (Å²) in [6.07, 6.45) is 4.98. The summed E-state index contributed by atoms with van der Waals surface area (Å²) in [6.45, 7) is 3.12. The third-order valence-electron chi connectivity index (χ3n) is 9.36. The highest BCUT2D eigenvalue weighted by molar-refractivity contribution is 8.00. The zero-order chi connectivity index (χ0) is 36.0. The van der Waals surface area contributed by atoms with Gasteiger partial charge in [0, 0.05) is 59.0 Å². The van der Waals surface area contributed by atoms with E-state index in [-0.39, 0.29) is 46.2 Å². The molecule has 6 heterocycles. The highest BCUT2D eigenvalue weighted by Crippen LogP contribution is 2.40. The Balaban J connectivity index is 1.04. The lowest BCUT2D eigenvalue weighted by Crippen LogP contribution is -2.71. The molecule has 2 fully saturated rings. The average molecular weight is 758 g/mol. The Kier molecular flexibility index (Phi) is 9.64. The van der Waals surface area contributed by atoms with Crippen molar-refractivity contribution in [1.29, 1.82) is 5.41 Å². The van der Waals surface area contributed by atoms with E-state index in [0.717, 1.165) is 49.5 Å². The Morgan fingerprint density at radius 2 is 2.04 bits per heavy atom. The normalized spacial score (nSPS) is 20.3. The van der Waals surface area contributed by atoms with Crippen molar-refractivity contribution >= 4 is 75.0 Å². The highest BCUT2D eigenvalue weighted by Gasteiger charge is 2.55. The van der Waals surface area contributed by atoms with Crippen molar-refractivity contribution in [1.82, 2.24) is 24.8 Å². The first kappa shape index (κ1) is 34.8. The summed E-state index contributed by atoms with van der Waals surface area (Å²) < 4.78 is 19.3. The monoisotopic (exact) mass is 757 g/mol. The molecule has 15 nitrogen and oxygen atoms in total. The van der Waals surface area contributed by atoms with E-state index >= 15 is 4.39 Å². The number of amides is 2. The molecule has 0 aliphatic carbocycles. The largest absolute Gasteiger partial charge is 0.477 e. The molecule has 2 saturated heterocycles. The first-order valence-corrected chi connectivity index (χ1v) is 18.6. The van der Waals surface area contributed by atoms with Crippen molar-refractivity contribution in [3.05, 3.63) is 68.7 Å². The number of likely N-dealkylation sites (tertiary alicyclic amines) is 1. The van der Waals surface area contributed by atoms with Crippen molar-refractivity contribution in [2.45, 2.75) is 50.3 Å². The number of nitrogens with zero attached hydrogens (tertiary/aromatic N) is 7. The quantitative estimate of drug-likeness (QED) is 0.0786. The second-order valence-electron chi connectivity index (χ2n) is 12.4. The summed E-state index contributed by atoms with van der Waals surface area (Å²) in [5.41, 5.74) is 6.95. The molecule has 0 spiro atoms. The van der Waals surface area contributed by atoms with Crippen LogP contribution >= 0.6 is 34.7 Å². The van der Waals surface area contributed by atoms with Gasteiger partial charge in [-0.3, -0.25) is 19.9 Å². The third-order valence-corrected chi connectivity index (χ3v) is 11.7. The summed E-state index contributed by atoms with van der Waals surface area (Å²) >= 11 is 9.08. The predicted octanol–water partition coefficient (Wildman–Crippen LogP) is 2.23. The highest BCUT2D eigenvalue weighted by atomic mass is 35.5. The number of nitrogens with one attached hydrogen (secondary N) is 2. The van der Waals surface area contributed by atoms with Gasteiger partial charge in [0.25, 0.3) is 11.8 Å². The van der Waals surface area contributed by atoms with Crippen molar-refractivity contribution in [2.24, 2.45) is 5.16 Å². The van der Waals surface area contributed by atoms with Gasteiger partial charge in [-0.1, -0.05) is 16.8 Å². The van der Waals surface area contributed by atoms with Crippen molar-refractivity contribution in [3.63, 3.8) is 0 Å². The summed E-state index contributed by atoms with van der Waals surface area (Å²) in [5.74, 6) is -1.57. The van der Waals surface area contributed by atoms with E-state index in [1.807, 2.05) is 31.4 Å². The van der Waals surface area contributed by atoms with Crippen LogP contribution in [0.2, 0.25) is 5.02 Å². The van der Waals surface area contributed by atoms with Gasteiger partial charge in [-0.25, -0.2) is 14.2 Å². The summed E-state index contributed by atoms with van der Waals surface area (Å²) in [5, 5.41) is 26.6. The van der Waals surface area contributed by atoms with Crippen LogP contribution < -0.4 is 20.6 Å². The lowest BCUT2D eigenvalue weighted by Gasteiger charge is -2.49. The molecule has 2 aromatic heterocycles. The SMILES string of the molecule is CO/N=C(\C(=O)N[C@@H]1C(=O)N2C(C(=O)O)=C(C[n+]3ccc4n3CCN4Cc3c(F)cc(C(=N)N4CCCCC4)cc3Cl)CS[C@H]12)c1csc(N)n1. The van der Waals surface area contributed by atoms with Gasteiger partial charge >= 0.3 is 5.97 Å². The van der Waals surface area contributed by atoms with E-state index in [1.54, 1.807) is 11.4 Å². The van der Waals surface area contributed by atoms with Crippen LogP contribution in [-0.2, 0) is 38.9 Å². The minimum atomic E-state index is -1.25. The molecule has 3 aromatic rings. The summed E-state index contributed by atoms with van der Waals surface area (Å²) in [6, 6.07) is 3.95. The number of fused-ring (bicyclic) bond motifs is 2. The Bertz CT molecular complexity index is 1970. The van der Waals surface area contributed by atoms with Gasteiger partial charge in [0.1, 0.15) is 41.6 Å². The molecular formula is C32H35ClFN10O5S2+. The van der Waals surface area contributed by atoms with Crippen LogP contribution in [0.3, 0.4) is 0 Å². The number of hydrogen-bond donors (Lipinski definition) is 4. The van der Waals surface area contributed by atoms with Gasteiger partial charge in [0.2, 0.25) is 0 Å². The molecule has 2 atom stereocenters. The van der Waals surface area contributed by atoms with Gasteiger partial charge in [-0.05, 0) is 31.4 Å². The predicted molar refractivity (Wildman–Crippen MR) is 189 cm³/mol. The molecule has 19 heteroatoms. The molecule has 51 heavy (non-hydrogen) atoms. The maximum absolute atomic E-state index is 15.5. The Hall–Kier alpha value is -4.68. The van der Waals surface area contributed by atoms with Crippen molar-refractivity contribution in [2.75, 3.05) is 43.1 Å². The number of anilines is 2. The molecule has 0 unspecified atom stereocenters. The number of carboxylic acid groups (broad SMARTS) is 1. The van der Waals surface area contributed by atoms with Crippen molar-refractivity contribution in [3.8, 4) is 0 Å². The molecule has 0 radical (unpaired) electrons. The van der Waals surface area contributed by atoms with Gasteiger partial charge in [0.15, 0.2) is 29.4 Å². The van der Waals surface area contributed by atoms with E-state index < -0.39 is 35.0 Å². The van der Waals surface area contributed by atoms with Crippen LogP contribution in [-0.4, -0.2) is 97.8 Å². The second kappa shape index (κ2) is 14.1. The Labute approximate surface area is 304 Å². The van der Waals surface area contributed by atoms with Crippen LogP contribution in [0.25, 0.3) is 0 Å². The zero-order valence-electron chi connectivity index (χ0n) is 27.5. The lowest BCUT2D eigenvalue weighted by atomic mass is 10.0. The number of hydrogen-bond acceptors (Lipinski definition) is 11. The molecule has 4 aliphatic heterocycles. The number of halogens is 2. The first-order chi connectivity index (χ1) is 24.5. The number of carbonyl (C=O) groups is 3. The van der Waals surface area contributed by atoms with E-state index in [2.05, 4.69) is 15.5 Å². The number of aromatic nitrogens is 3. The van der Waals surface area contributed by atoms with E-state index in [9.17, 15) is 19.5 Å². The van der Waals surface area contributed by atoms with E-state index in [0.29, 0.717) is 35.5 Å². The summed E-state index contributed by atoms with van der Waals surface area (Å²) in [4.78, 5) is 53.0. The second-order valence-corrected chi connectivity index (χ2v) is 14.8. The van der Waals surface area contributed by atoms with Gasteiger partial charge in [-0.15, -0.1) is 32.5 Å². The van der Waals surface area contributed by atoms with Gasteiger partial charge < -0.3 is 30.8 Å². The maximum atomic E-state index is 15.5.